The number of hydrogen-bond donors (Lipinski definition) is 19. The molecule has 21 N–H and O–H groups in total. The summed E-state index contributed by atoms with van der Waals surface area (Å²) < 4.78 is 0.193. The van der Waals surface area contributed by atoms with E-state index in [4.69, 9.17) is 11.5 Å². The Balaban J connectivity index is 0.831. The summed E-state index contributed by atoms with van der Waals surface area (Å²) in [6, 6.07) is 14.8. The van der Waals surface area contributed by atoms with Crippen LogP contribution in [0.1, 0.15) is 147 Å². The van der Waals surface area contributed by atoms with Gasteiger partial charge in [-0.25, -0.2) is 0 Å². The monoisotopic (exact) mass is 1880 g/mol. The molecule has 41 nitrogen and oxygen atoms in total. The number of carboxylic acid groups (broad SMARTS) is 1. The molecule has 728 valence electrons. The number of primary amides is 2. The predicted molar refractivity (Wildman–Crippen MR) is 494 cm³/mol. The summed E-state index contributed by atoms with van der Waals surface area (Å²) in [5.41, 5.74) is 14.8. The second-order valence-electron chi connectivity index (χ2n) is 35.6. The summed E-state index contributed by atoms with van der Waals surface area (Å²) in [6.45, 7) is 10.1. The summed E-state index contributed by atoms with van der Waals surface area (Å²) in [5, 5.41) is 71.9. The molecule has 2 aromatic heterocycles. The number of carboxylic acids is 1. The number of nitroso groups, excluding NO2 is 1. The number of H-pyrrole nitrogens is 2. The second kappa shape index (κ2) is 48.3. The Morgan fingerprint density at radius 3 is 1.41 bits per heavy atom. The van der Waals surface area contributed by atoms with E-state index in [-0.39, 0.29) is 112 Å². The molecule has 0 aliphatic carbocycles. The van der Waals surface area contributed by atoms with E-state index in [1.54, 1.807) is 85.1 Å². The van der Waals surface area contributed by atoms with Crippen molar-refractivity contribution < 1.29 is 107 Å². The first-order chi connectivity index (χ1) is 64.7. The third-order valence-electron chi connectivity index (χ3n) is 24.2. The van der Waals surface area contributed by atoms with Crippen LogP contribution < -0.4 is 70.0 Å². The molecule has 0 bridgehead atoms. The Morgan fingerprint density at radius 1 is 0.441 bits per heavy atom. The smallest absolute Gasteiger partial charge is 0.303 e. The fourth-order valence-corrected chi connectivity index (χ4v) is 17.0. The van der Waals surface area contributed by atoms with Crippen molar-refractivity contribution in [3.63, 3.8) is 0 Å². The highest BCUT2D eigenvalue weighted by molar-refractivity contribution is 6.01. The number of fused-ring (bicyclic) bond motifs is 2. The van der Waals surface area contributed by atoms with Gasteiger partial charge in [-0.3, -0.25) is 86.8 Å². The molecule has 10 rings (SSSR count). The minimum Gasteiger partial charge on any atom is -0.508 e. The molecule has 41 heteroatoms. The van der Waals surface area contributed by atoms with E-state index >= 15 is 24.1 Å². The average molecular weight is 1880 g/mol. The maximum Gasteiger partial charge on any atom is 0.303 e. The van der Waals surface area contributed by atoms with Crippen molar-refractivity contribution in [3.05, 3.63) is 173 Å². The summed E-state index contributed by atoms with van der Waals surface area (Å²) >= 11 is 0. The summed E-state index contributed by atoms with van der Waals surface area (Å²) in [4.78, 5) is 264. The number of carbonyl (C=O) groups excluding carboxylic acids is 16. The Bertz CT molecular complexity index is 5510. The third kappa shape index (κ3) is 28.7. The van der Waals surface area contributed by atoms with E-state index in [2.05, 4.69) is 68.5 Å². The highest BCUT2D eigenvalue weighted by Gasteiger charge is 2.48. The number of amides is 16. The molecule has 3 aliphatic heterocycles. The van der Waals surface area contributed by atoms with E-state index < -0.39 is 230 Å². The van der Waals surface area contributed by atoms with Crippen LogP contribution in [-0.2, 0) is 114 Å². The van der Waals surface area contributed by atoms with E-state index in [1.165, 1.54) is 80.4 Å². The van der Waals surface area contributed by atoms with E-state index in [0.29, 0.717) is 56.0 Å². The molecule has 15 atom stereocenters. The Labute approximate surface area is 784 Å². The molecule has 0 spiro atoms. The van der Waals surface area contributed by atoms with E-state index in [1.807, 2.05) is 27.7 Å². The van der Waals surface area contributed by atoms with Gasteiger partial charge in [-0.2, -0.15) is 0 Å². The number of aliphatic hydroxyl groups excluding tert-OH is 1. The number of aromatic nitrogens is 2. The van der Waals surface area contributed by atoms with Crippen molar-refractivity contribution in [2.45, 2.75) is 242 Å². The molecular weight excluding hydrogens is 1760 g/mol. The molecule has 16 amide bonds. The molecular formula is C95H122N19O22+. The standard InChI is InChI=1S/C95H121N19O22/c1-51(2)41-68(83(97)123)105-90(130)75-24-16-38-111(75)94(134)73(42-52(3)4)108-84(124)53(5)101-85(125)70(44-57-25-29-61(117)30-26-57)107-91(131)76-37-40-113(76)93(133)67(33-34-78(96)119)104-86(126)71(45-58-27-31-62(118)32-28-58)106-87(127)72(46-59-48-98-65-21-13-11-19-63(59)65)103-80(120)50-100-89(129)74-23-15-39-112(74)95(135)82(54(6)115)110-92(132)77(47-60-49-99-66-22-14-12-20-64(60)66)114(136)79(35-36-81(121)122)109-88(128)69(102-55(7)116)43-56-17-9-8-10-18-56/h8-14,17-22,25-32,48-49,51-54,67-77,79,82,98-99,115H,15-16,23-24,33-47,50H2,1-7H3,(H17-,96,97,100,101,102,103,104,105,106,107,108,109,110,116,117,118,119,120,121,122,123,124,125,126,127,128,129,130,131,132)/p+1/t53-,54+,67-,68-,69-,70-,71-,72-,73-,74-,75-,76-,77-,79+,82-/m0/s1. The van der Waals surface area contributed by atoms with Crippen molar-refractivity contribution in [3.8, 4) is 11.5 Å². The molecule has 3 fully saturated rings. The van der Waals surface area contributed by atoms with Gasteiger partial charge in [-0.1, -0.05) is 119 Å². The first kappa shape index (κ1) is 103. The van der Waals surface area contributed by atoms with Gasteiger partial charge in [0.2, 0.25) is 88.6 Å². The average Bonchev–Trinajstić information content (AvgIpc) is 1.71. The Morgan fingerprint density at radius 2 is 0.890 bits per heavy atom. The number of phenols is 2. The van der Waals surface area contributed by atoms with Crippen LogP contribution in [0.25, 0.3) is 21.8 Å². The zero-order valence-corrected chi connectivity index (χ0v) is 76.8. The second-order valence-corrected chi connectivity index (χ2v) is 35.6. The molecule has 0 unspecified atom stereocenters. The predicted octanol–water partition coefficient (Wildman–Crippen LogP) is 0.354. The minimum atomic E-state index is -1.89. The van der Waals surface area contributed by atoms with Crippen LogP contribution in [-0.4, -0.2) is 267 Å². The van der Waals surface area contributed by atoms with Crippen molar-refractivity contribution in [1.82, 2.24) is 83.2 Å². The van der Waals surface area contributed by atoms with Crippen LogP contribution in [0.5, 0.6) is 11.5 Å². The molecule has 3 saturated heterocycles. The normalized spacial score (nSPS) is 17.3. The first-order valence-electron chi connectivity index (χ1n) is 45.5. The number of para-hydroxylation sites is 2. The van der Waals surface area contributed by atoms with Crippen molar-refractivity contribution >= 4 is 122 Å². The number of aromatic amines is 2. The van der Waals surface area contributed by atoms with Gasteiger partial charge in [-0.05, 0) is 141 Å². The highest BCUT2D eigenvalue weighted by Crippen LogP contribution is 2.28. The number of nitrogens with one attached hydrogen (secondary N) is 13. The van der Waals surface area contributed by atoms with Gasteiger partial charge in [0.1, 0.15) is 84.0 Å². The first-order valence-corrected chi connectivity index (χ1v) is 45.5. The number of carbonyl (C=O) groups is 17. The van der Waals surface area contributed by atoms with Gasteiger partial charge in [0.25, 0.3) is 18.1 Å². The summed E-state index contributed by atoms with van der Waals surface area (Å²) in [7, 11) is 0. The maximum absolute atomic E-state index is 15.2. The fraction of sp³-hybridized carbons (Fsp3) is 0.463. The number of likely N-dealkylation sites (tertiary alicyclic amines) is 3. The maximum atomic E-state index is 15.2. The van der Waals surface area contributed by atoms with E-state index in [9.17, 15) is 82.8 Å². The number of nitrogens with zero attached hydrogens (tertiary/aromatic N) is 4. The Kier molecular flexibility index (Phi) is 36.7. The number of benzene rings is 5. The molecule has 0 radical (unpaired) electrons. The van der Waals surface area contributed by atoms with Gasteiger partial charge in [0.05, 0.1) is 25.5 Å². The molecule has 136 heavy (non-hydrogen) atoms. The van der Waals surface area contributed by atoms with Gasteiger partial charge in [0.15, 0.2) is 0 Å². The van der Waals surface area contributed by atoms with Gasteiger partial charge < -0.3 is 110 Å². The molecule has 3 aliphatic rings. The molecule has 0 saturated carbocycles. The van der Waals surface area contributed by atoms with Crippen molar-refractivity contribution in [2.24, 2.45) is 23.3 Å². The lowest BCUT2D eigenvalue weighted by Gasteiger charge is -2.42. The van der Waals surface area contributed by atoms with Gasteiger partial charge in [0, 0.05) is 109 Å². The summed E-state index contributed by atoms with van der Waals surface area (Å²) in [5.74, 6) is -15.7. The largest absolute Gasteiger partial charge is 0.508 e. The molecule has 5 heterocycles. The van der Waals surface area contributed by atoms with Gasteiger partial charge >= 0.3 is 5.97 Å². The molecule has 7 aromatic rings. The minimum absolute atomic E-state index is 0.00185. The summed E-state index contributed by atoms with van der Waals surface area (Å²) in [6.07, 6.45) is -2.71. The Hall–Kier alpha value is -14.7. The van der Waals surface area contributed by atoms with Crippen LogP contribution in [0, 0.1) is 16.7 Å². The molecule has 5 aromatic carbocycles. The fourth-order valence-electron chi connectivity index (χ4n) is 17.0. The zero-order chi connectivity index (χ0) is 98.9. The number of nitrogens with two attached hydrogens (primary N) is 2. The number of aliphatic carboxylic acids is 1. The van der Waals surface area contributed by atoms with Crippen LogP contribution in [0.3, 0.4) is 0 Å². The third-order valence-corrected chi connectivity index (χ3v) is 24.2. The van der Waals surface area contributed by atoms with Crippen molar-refractivity contribution in [1.29, 1.82) is 0 Å². The number of rotatable bonds is 48. The lowest BCUT2D eigenvalue weighted by Crippen LogP contribution is -2.65. The van der Waals surface area contributed by atoms with Crippen molar-refractivity contribution in [2.75, 3.05) is 26.2 Å². The lowest BCUT2D eigenvalue weighted by molar-refractivity contribution is -0.612. The number of aromatic hydroxyl groups is 2. The van der Waals surface area contributed by atoms with Crippen LogP contribution >= 0.6 is 0 Å². The zero-order valence-electron chi connectivity index (χ0n) is 76.8. The lowest BCUT2D eigenvalue weighted by atomic mass is 9.97. The highest BCUT2D eigenvalue weighted by atomic mass is 16.4. The quantitative estimate of drug-likeness (QED) is 0.0181. The van der Waals surface area contributed by atoms with E-state index in [0.717, 1.165) is 9.80 Å². The number of aliphatic hydroxyl groups is 1. The number of hydrogen-bond acceptors (Lipinski definition) is 21. The number of phenolic OH excluding ortho intramolecular Hbond substituents is 2. The SMILES string of the molecule is CC(=O)N[C@@H](Cc1ccccc1)C(=O)N[C@@H](CCC(=O)O)[N+](=O)[C@@H](Cc1c[nH]c2ccccc12)C(=O)N[C@H](C(=O)N1CCC[C@H]1C(=O)NCC(=O)N[C@@H](Cc1c[nH]c2ccccc12)C(=O)N[C@@H](Cc1ccc(O)cc1)C(=O)N[C@@H](CCC(N)=O)C(=O)N1CC[C@H]1C(=O)N[C@@H](Cc1ccc(O)cc1)C(=O)N[C@@H](C)C(=O)N[C@@H](CC(C)C)C(=O)N1CCC[C@H]1C(=O)N[C@@H](CC(C)C)C(N)=O)[C@@H](C)O. The van der Waals surface area contributed by atoms with Crippen LogP contribution in [0.2, 0.25) is 0 Å². The van der Waals surface area contributed by atoms with Crippen LogP contribution in [0.15, 0.2) is 140 Å². The van der Waals surface area contributed by atoms with Gasteiger partial charge in [-0.15, -0.1) is 0 Å². The topological polar surface area (TPSA) is 617 Å². The van der Waals surface area contributed by atoms with Crippen LogP contribution in [0.4, 0.5) is 0 Å².